The second-order valence-corrected chi connectivity index (χ2v) is 5.62. The van der Waals surface area contributed by atoms with Gasteiger partial charge >= 0.3 is 0 Å². The molecular formula is C17H19N3O2. The van der Waals surface area contributed by atoms with Gasteiger partial charge in [0.25, 0.3) is 11.8 Å². The minimum absolute atomic E-state index is 0.0870. The van der Waals surface area contributed by atoms with E-state index in [2.05, 4.69) is 5.10 Å². The van der Waals surface area contributed by atoms with E-state index in [9.17, 15) is 9.59 Å². The maximum atomic E-state index is 12.5. The van der Waals surface area contributed by atoms with Crippen LogP contribution in [-0.4, -0.2) is 39.6 Å². The van der Waals surface area contributed by atoms with Gasteiger partial charge in [-0.2, -0.15) is 5.10 Å². The Morgan fingerprint density at radius 1 is 1.00 bits per heavy atom. The highest BCUT2D eigenvalue weighted by atomic mass is 16.2. The van der Waals surface area contributed by atoms with E-state index >= 15 is 0 Å². The number of aryl methyl sites for hydroxylation is 1. The Morgan fingerprint density at radius 3 is 2.45 bits per heavy atom. The summed E-state index contributed by atoms with van der Waals surface area (Å²) in [5, 5.41) is 4.18. The van der Waals surface area contributed by atoms with Gasteiger partial charge in [0.15, 0.2) is 5.69 Å². The minimum Gasteiger partial charge on any atom is -0.337 e. The number of carbonyl (C=O) groups excluding carboxylic acids is 2. The third-order valence-corrected chi connectivity index (χ3v) is 4.04. The molecule has 5 heteroatoms. The molecule has 0 N–H and O–H groups in total. The van der Waals surface area contributed by atoms with Gasteiger partial charge < -0.3 is 4.90 Å². The zero-order valence-corrected chi connectivity index (χ0v) is 12.7. The molecule has 22 heavy (non-hydrogen) atoms. The van der Waals surface area contributed by atoms with Crippen molar-refractivity contribution in [3.63, 3.8) is 0 Å². The molecule has 0 saturated carbocycles. The largest absolute Gasteiger partial charge is 0.337 e. The summed E-state index contributed by atoms with van der Waals surface area (Å²) in [4.78, 5) is 26.6. The Balaban J connectivity index is 1.80. The quantitative estimate of drug-likeness (QED) is 0.856. The van der Waals surface area contributed by atoms with Crippen LogP contribution in [0.25, 0.3) is 0 Å². The second-order valence-electron chi connectivity index (χ2n) is 5.62. The number of likely N-dealkylation sites (tertiary alicyclic amines) is 1. The average molecular weight is 297 g/mol. The third kappa shape index (κ3) is 2.79. The molecule has 0 radical (unpaired) electrons. The Labute approximate surface area is 129 Å². The van der Waals surface area contributed by atoms with Gasteiger partial charge in [0.2, 0.25) is 0 Å². The molecule has 114 valence electrons. The van der Waals surface area contributed by atoms with Gasteiger partial charge in [-0.1, -0.05) is 18.2 Å². The summed E-state index contributed by atoms with van der Waals surface area (Å²) >= 11 is 0. The predicted molar refractivity (Wildman–Crippen MR) is 82.9 cm³/mol. The molecule has 1 aromatic carbocycles. The van der Waals surface area contributed by atoms with Crippen molar-refractivity contribution in [1.82, 2.24) is 14.7 Å². The summed E-state index contributed by atoms with van der Waals surface area (Å²) in [7, 11) is 0. The van der Waals surface area contributed by atoms with Crippen LogP contribution in [0, 0.1) is 6.92 Å². The maximum Gasteiger partial charge on any atom is 0.278 e. The lowest BCUT2D eigenvalue weighted by molar-refractivity contribution is 0.0717. The third-order valence-electron chi connectivity index (χ3n) is 4.04. The van der Waals surface area contributed by atoms with Gasteiger partial charge in [0.1, 0.15) is 0 Å². The van der Waals surface area contributed by atoms with E-state index in [4.69, 9.17) is 0 Å². The maximum absolute atomic E-state index is 12.5. The minimum atomic E-state index is -0.212. The topological polar surface area (TPSA) is 55.2 Å². The monoisotopic (exact) mass is 297 g/mol. The standard InChI is InChI=1S/C17H19N3O2/c1-13-7-3-4-8-14(13)16(21)20-12-9-15(18-20)17(22)19-10-5-2-6-11-19/h3-4,7-9,12H,2,5-6,10-11H2,1H3. The van der Waals surface area contributed by atoms with Gasteiger partial charge in [-0.15, -0.1) is 0 Å². The van der Waals surface area contributed by atoms with Crippen molar-refractivity contribution in [1.29, 1.82) is 0 Å². The fourth-order valence-electron chi connectivity index (χ4n) is 2.75. The number of aromatic nitrogens is 2. The smallest absolute Gasteiger partial charge is 0.278 e. The van der Waals surface area contributed by atoms with Crippen LogP contribution >= 0.6 is 0 Å². The van der Waals surface area contributed by atoms with Crippen LogP contribution in [0.2, 0.25) is 0 Å². The van der Waals surface area contributed by atoms with Crippen LogP contribution in [0.15, 0.2) is 36.5 Å². The van der Waals surface area contributed by atoms with Crippen molar-refractivity contribution in [3.8, 4) is 0 Å². The first kappa shape index (κ1) is 14.5. The van der Waals surface area contributed by atoms with Crippen LogP contribution in [0.5, 0.6) is 0 Å². The van der Waals surface area contributed by atoms with Gasteiger partial charge in [-0.05, 0) is 43.9 Å². The molecule has 2 heterocycles. The summed E-state index contributed by atoms with van der Waals surface area (Å²) < 4.78 is 1.25. The first-order chi connectivity index (χ1) is 10.7. The number of nitrogens with zero attached hydrogens (tertiary/aromatic N) is 3. The molecule has 3 rings (SSSR count). The molecule has 1 aliphatic rings. The van der Waals surface area contributed by atoms with Gasteiger partial charge in [0.05, 0.1) is 0 Å². The lowest BCUT2D eigenvalue weighted by Gasteiger charge is -2.25. The fraction of sp³-hybridized carbons (Fsp3) is 0.353. The molecule has 1 saturated heterocycles. The van der Waals surface area contributed by atoms with E-state index < -0.39 is 0 Å². The number of carbonyl (C=O) groups is 2. The SMILES string of the molecule is Cc1ccccc1C(=O)n1ccc(C(=O)N2CCCCC2)n1. The van der Waals surface area contributed by atoms with Crippen LogP contribution < -0.4 is 0 Å². The van der Waals surface area contributed by atoms with Crippen LogP contribution in [-0.2, 0) is 0 Å². The van der Waals surface area contributed by atoms with Gasteiger partial charge in [-0.25, -0.2) is 4.68 Å². The molecule has 0 spiro atoms. The van der Waals surface area contributed by atoms with Crippen molar-refractivity contribution in [2.75, 3.05) is 13.1 Å². The summed E-state index contributed by atoms with van der Waals surface area (Å²) in [6.07, 6.45) is 4.80. The molecule has 0 bridgehead atoms. The highest BCUT2D eigenvalue weighted by Gasteiger charge is 2.21. The van der Waals surface area contributed by atoms with E-state index in [0.29, 0.717) is 11.3 Å². The van der Waals surface area contributed by atoms with E-state index in [-0.39, 0.29) is 11.8 Å². The first-order valence-electron chi connectivity index (χ1n) is 7.62. The normalized spacial score (nSPS) is 14.9. The Bertz CT molecular complexity index is 699. The fourth-order valence-corrected chi connectivity index (χ4v) is 2.75. The van der Waals surface area contributed by atoms with E-state index in [1.165, 1.54) is 11.1 Å². The predicted octanol–water partition coefficient (Wildman–Crippen LogP) is 2.51. The number of piperidine rings is 1. The van der Waals surface area contributed by atoms with E-state index in [1.54, 1.807) is 18.3 Å². The number of benzene rings is 1. The van der Waals surface area contributed by atoms with Crippen molar-refractivity contribution >= 4 is 11.8 Å². The summed E-state index contributed by atoms with van der Waals surface area (Å²) in [6, 6.07) is 8.99. The van der Waals surface area contributed by atoms with Gasteiger partial charge in [-0.3, -0.25) is 9.59 Å². The molecular weight excluding hydrogens is 278 g/mol. The molecule has 1 fully saturated rings. The molecule has 5 nitrogen and oxygen atoms in total. The lowest BCUT2D eigenvalue weighted by atomic mass is 10.1. The zero-order valence-electron chi connectivity index (χ0n) is 12.7. The van der Waals surface area contributed by atoms with Crippen molar-refractivity contribution in [3.05, 3.63) is 53.3 Å². The molecule has 1 amide bonds. The lowest BCUT2D eigenvalue weighted by Crippen LogP contribution is -2.36. The summed E-state index contributed by atoms with van der Waals surface area (Å²) in [5.74, 6) is -0.299. The molecule has 1 aromatic heterocycles. The van der Waals surface area contributed by atoms with Crippen LogP contribution in [0.4, 0.5) is 0 Å². The molecule has 2 aromatic rings. The molecule has 0 unspecified atom stereocenters. The molecule has 0 aliphatic carbocycles. The summed E-state index contributed by atoms with van der Waals surface area (Å²) in [5.41, 5.74) is 1.83. The number of amides is 1. The van der Waals surface area contributed by atoms with Crippen LogP contribution in [0.3, 0.4) is 0 Å². The van der Waals surface area contributed by atoms with Crippen molar-refractivity contribution < 1.29 is 9.59 Å². The Hall–Kier alpha value is -2.43. The second kappa shape index (κ2) is 6.13. The Kier molecular flexibility index (Phi) is 4.04. The number of hydrogen-bond donors (Lipinski definition) is 0. The average Bonchev–Trinajstić information content (AvgIpc) is 3.05. The summed E-state index contributed by atoms with van der Waals surface area (Å²) in [6.45, 7) is 3.44. The first-order valence-corrected chi connectivity index (χ1v) is 7.62. The highest BCUT2D eigenvalue weighted by molar-refractivity contribution is 5.98. The van der Waals surface area contributed by atoms with Gasteiger partial charge in [0, 0.05) is 24.8 Å². The highest BCUT2D eigenvalue weighted by Crippen LogP contribution is 2.13. The molecule has 0 atom stereocenters. The van der Waals surface area contributed by atoms with Crippen molar-refractivity contribution in [2.45, 2.75) is 26.2 Å². The molecule has 1 aliphatic heterocycles. The zero-order chi connectivity index (χ0) is 15.5. The number of rotatable bonds is 2. The van der Waals surface area contributed by atoms with Crippen molar-refractivity contribution in [2.24, 2.45) is 0 Å². The number of hydrogen-bond acceptors (Lipinski definition) is 3. The van der Waals surface area contributed by atoms with Crippen LogP contribution in [0.1, 0.15) is 45.7 Å². The van der Waals surface area contributed by atoms with E-state index in [0.717, 1.165) is 31.5 Å². The van der Waals surface area contributed by atoms with E-state index in [1.807, 2.05) is 30.0 Å². The Morgan fingerprint density at radius 2 is 1.73 bits per heavy atom.